The minimum Gasteiger partial charge on any atom is -0.463 e. The molecule has 0 radical (unpaired) electrons. The molecule has 52 heavy (non-hydrogen) atoms. The monoisotopic (exact) mass is 759 g/mol. The Morgan fingerprint density at radius 3 is 1.60 bits per heavy atom. The van der Waals surface area contributed by atoms with E-state index < -0.39 is 130 Å². The number of esters is 5. The van der Waals surface area contributed by atoms with Gasteiger partial charge in [-0.2, -0.15) is 0 Å². The van der Waals surface area contributed by atoms with E-state index in [1.807, 2.05) is 0 Å². The third-order valence-electron chi connectivity index (χ3n) is 7.37. The predicted octanol–water partition coefficient (Wildman–Crippen LogP) is -1.38. The van der Waals surface area contributed by atoms with Crippen LogP contribution in [-0.4, -0.2) is 129 Å². The maximum absolute atomic E-state index is 14.0. The number of aromatic nitrogens is 1. The Bertz CT molecular complexity index is 1610. The number of rotatable bonds is 13. The molecule has 0 unspecified atom stereocenters. The van der Waals surface area contributed by atoms with Crippen LogP contribution in [0.3, 0.4) is 0 Å². The van der Waals surface area contributed by atoms with Gasteiger partial charge in [0.25, 0.3) is 0 Å². The van der Waals surface area contributed by atoms with Crippen LogP contribution in [0.25, 0.3) is 0 Å². The van der Waals surface area contributed by atoms with E-state index in [-0.39, 0.29) is 0 Å². The molecule has 2 aliphatic heterocycles. The highest BCUT2D eigenvalue weighted by Gasteiger charge is 2.58. The van der Waals surface area contributed by atoms with E-state index in [1.54, 1.807) is 0 Å². The Balaban J connectivity index is 2.24. The average molecular weight is 760 g/mol. The van der Waals surface area contributed by atoms with E-state index in [9.17, 15) is 42.0 Å². The summed E-state index contributed by atoms with van der Waals surface area (Å²) in [7, 11) is -4.62. The molecule has 2 aliphatic rings. The largest absolute Gasteiger partial charge is 0.463 e. The molecule has 2 fully saturated rings. The van der Waals surface area contributed by atoms with Crippen molar-refractivity contribution in [2.75, 3.05) is 13.2 Å². The Morgan fingerprint density at radius 2 is 1.13 bits per heavy atom. The fourth-order valence-corrected chi connectivity index (χ4v) is 7.20. The van der Waals surface area contributed by atoms with Crippen LogP contribution in [0.15, 0.2) is 29.4 Å². The van der Waals surface area contributed by atoms with Crippen molar-refractivity contribution in [2.24, 2.45) is 0 Å². The van der Waals surface area contributed by atoms with E-state index in [0.717, 1.165) is 48.5 Å². The maximum Gasteiger partial charge on any atom is 0.303 e. The number of nitrogens with one attached hydrogen (secondary N) is 2. The molecule has 21 heteroatoms. The number of pyridine rings is 1. The second kappa shape index (κ2) is 18.2. The first-order valence-electron chi connectivity index (χ1n) is 15.8. The normalized spacial score (nSPS) is 28.7. The van der Waals surface area contributed by atoms with Gasteiger partial charge in [-0.3, -0.25) is 33.6 Å². The minimum absolute atomic E-state index is 0.474. The summed E-state index contributed by atoms with van der Waals surface area (Å²) in [5, 5.41) is 4.47. The molecule has 0 spiro atoms. The van der Waals surface area contributed by atoms with Gasteiger partial charge in [-0.25, -0.2) is 13.4 Å². The molecule has 1 aromatic heterocycles. The average Bonchev–Trinajstić information content (AvgIpc) is 3.03. The van der Waals surface area contributed by atoms with Gasteiger partial charge in [0, 0.05) is 54.7 Å². The first kappa shape index (κ1) is 41.7. The van der Waals surface area contributed by atoms with Crippen LogP contribution in [0.5, 0.6) is 0 Å². The van der Waals surface area contributed by atoms with Crippen molar-refractivity contribution in [3.8, 4) is 0 Å². The Labute approximate surface area is 298 Å². The van der Waals surface area contributed by atoms with Crippen LogP contribution >= 0.6 is 0 Å². The lowest BCUT2D eigenvalue weighted by Crippen LogP contribution is -2.71. The van der Waals surface area contributed by atoms with Crippen LogP contribution < -0.4 is 10.6 Å². The molecule has 1 aromatic rings. The van der Waals surface area contributed by atoms with Crippen molar-refractivity contribution < 1.29 is 79.9 Å². The highest BCUT2D eigenvalue weighted by molar-refractivity contribution is 7.91. The predicted molar refractivity (Wildman–Crippen MR) is 169 cm³/mol. The number of nitrogens with zero attached hydrogens (tertiary/aromatic N) is 1. The smallest absolute Gasteiger partial charge is 0.303 e. The first-order chi connectivity index (χ1) is 24.3. The standard InChI is InChI=1S/C31H41N3O17S/c1-14(35)33-24-28(47-19(6)40)26(46-18(5)39)21(12-44-16(3)37)49-30(24)51-27-22(13-45-17(4)38)50-31(52(42,43)23-10-8-9-11-32-23)25(34-15(2)36)29(27)48-20(7)41/h8-11,21-22,24-31H,12-13H2,1-7H3,(H,33,35)(H,34,36)/t21-,22-,24-,25-,26-,27-,28-,29-,30+,31+/m1/s1. The lowest BCUT2D eigenvalue weighted by atomic mass is 9.94. The van der Waals surface area contributed by atoms with E-state index in [2.05, 4.69) is 15.6 Å². The van der Waals surface area contributed by atoms with E-state index in [1.165, 1.54) is 24.4 Å². The summed E-state index contributed by atoms with van der Waals surface area (Å²) in [6.07, 6.45) is -10.2. The number of ether oxygens (including phenoxy) is 8. The van der Waals surface area contributed by atoms with Gasteiger partial charge in [-0.1, -0.05) is 6.07 Å². The van der Waals surface area contributed by atoms with E-state index in [0.29, 0.717) is 0 Å². The van der Waals surface area contributed by atoms with Crippen molar-refractivity contribution >= 4 is 51.5 Å². The van der Waals surface area contributed by atoms with Crippen LogP contribution in [0.4, 0.5) is 0 Å². The molecule has 0 aliphatic carbocycles. The van der Waals surface area contributed by atoms with Gasteiger partial charge >= 0.3 is 29.8 Å². The van der Waals surface area contributed by atoms with Gasteiger partial charge in [-0.15, -0.1) is 0 Å². The maximum atomic E-state index is 14.0. The molecule has 2 N–H and O–H groups in total. The van der Waals surface area contributed by atoms with Gasteiger partial charge in [-0.05, 0) is 12.1 Å². The summed E-state index contributed by atoms with van der Waals surface area (Å²) in [4.78, 5) is 89.8. The van der Waals surface area contributed by atoms with Gasteiger partial charge in [0.05, 0.1) is 0 Å². The van der Waals surface area contributed by atoms with E-state index >= 15 is 0 Å². The molecular weight excluding hydrogens is 718 g/mol. The Morgan fingerprint density at radius 1 is 0.654 bits per heavy atom. The van der Waals surface area contributed by atoms with Crippen molar-refractivity contribution in [1.82, 2.24) is 15.6 Å². The lowest BCUT2D eigenvalue weighted by Gasteiger charge is -2.49. The number of carbonyl (C=O) groups excluding carboxylic acids is 7. The lowest BCUT2D eigenvalue weighted by molar-refractivity contribution is -0.314. The molecule has 288 valence electrons. The van der Waals surface area contributed by atoms with Crippen molar-refractivity contribution in [3.63, 3.8) is 0 Å². The molecule has 0 saturated carbocycles. The third kappa shape index (κ3) is 11.1. The minimum atomic E-state index is -4.62. The highest BCUT2D eigenvalue weighted by atomic mass is 32.2. The summed E-state index contributed by atoms with van der Waals surface area (Å²) in [6.45, 7) is 6.06. The molecule has 0 aromatic carbocycles. The second-order valence-corrected chi connectivity index (χ2v) is 13.7. The highest BCUT2D eigenvalue weighted by Crippen LogP contribution is 2.35. The van der Waals surface area contributed by atoms with Gasteiger partial charge < -0.3 is 48.5 Å². The van der Waals surface area contributed by atoms with E-state index in [4.69, 9.17) is 37.9 Å². The quantitative estimate of drug-likeness (QED) is 0.173. The summed E-state index contributed by atoms with van der Waals surface area (Å²) >= 11 is 0. The van der Waals surface area contributed by atoms with Crippen LogP contribution in [-0.2, 0) is 81.3 Å². The fourth-order valence-electron chi connectivity index (χ4n) is 5.58. The van der Waals surface area contributed by atoms with Gasteiger partial charge in [0.2, 0.25) is 21.7 Å². The second-order valence-electron chi connectivity index (χ2n) is 11.7. The zero-order valence-electron chi connectivity index (χ0n) is 29.3. The number of hydrogen-bond donors (Lipinski definition) is 2. The Kier molecular flexibility index (Phi) is 14.6. The van der Waals surface area contributed by atoms with Gasteiger partial charge in [0.1, 0.15) is 43.6 Å². The molecule has 3 rings (SSSR count). The van der Waals surface area contributed by atoms with Crippen LogP contribution in [0.1, 0.15) is 48.5 Å². The van der Waals surface area contributed by atoms with Crippen LogP contribution in [0, 0.1) is 0 Å². The summed E-state index contributed by atoms with van der Waals surface area (Å²) < 4.78 is 73.1. The molecule has 3 heterocycles. The summed E-state index contributed by atoms with van der Waals surface area (Å²) in [5.41, 5.74) is -2.02. The molecule has 20 nitrogen and oxygen atoms in total. The molecule has 2 amide bonds. The van der Waals surface area contributed by atoms with Crippen molar-refractivity contribution in [1.29, 1.82) is 0 Å². The first-order valence-corrected chi connectivity index (χ1v) is 17.3. The van der Waals surface area contributed by atoms with Crippen molar-refractivity contribution in [2.45, 2.75) is 114 Å². The number of sulfone groups is 1. The zero-order chi connectivity index (χ0) is 38.9. The zero-order valence-corrected chi connectivity index (χ0v) is 30.1. The topological polar surface area (TPSA) is 264 Å². The van der Waals surface area contributed by atoms with Gasteiger partial charge in [0.15, 0.2) is 35.1 Å². The SMILES string of the molecule is CC(=O)N[C@@H]1[C@@H](OC(C)=O)[C@H](O[C@@H]2O[C@H](COC(C)=O)[C@@H](OC(C)=O)[C@H](OC(C)=O)[C@H]2NC(C)=O)[C@@H](COC(C)=O)O[C@H]1S(=O)(=O)c1ccccn1. The Hall–Kier alpha value is -4.73. The number of hydrogen-bond acceptors (Lipinski definition) is 18. The number of amides is 2. The molecule has 2 saturated heterocycles. The summed E-state index contributed by atoms with van der Waals surface area (Å²) in [5.74, 6) is -5.84. The molecule has 0 bridgehead atoms. The fraction of sp³-hybridized carbons (Fsp3) is 0.613. The van der Waals surface area contributed by atoms with Crippen LogP contribution in [0.2, 0.25) is 0 Å². The third-order valence-corrected chi connectivity index (χ3v) is 9.21. The number of carbonyl (C=O) groups is 7. The molecular formula is C31H41N3O17S. The van der Waals surface area contributed by atoms with Crippen molar-refractivity contribution in [3.05, 3.63) is 24.4 Å². The summed E-state index contributed by atoms with van der Waals surface area (Å²) in [6, 6.07) is 0.769. The molecule has 10 atom stereocenters.